The Kier molecular flexibility index (Phi) is 4.60. The second-order valence-corrected chi connectivity index (χ2v) is 6.96. The van der Waals surface area contributed by atoms with E-state index in [2.05, 4.69) is 9.97 Å². The smallest absolute Gasteiger partial charge is 0.331 e. The molecule has 0 aromatic carbocycles. The first kappa shape index (κ1) is 17.2. The molecule has 0 spiro atoms. The van der Waals surface area contributed by atoms with Crippen LogP contribution < -0.4 is 0 Å². The van der Waals surface area contributed by atoms with Crippen LogP contribution in [0.25, 0.3) is 12.2 Å². The predicted octanol–water partition coefficient (Wildman–Crippen LogP) is 2.83. The monoisotopic (exact) mass is 377 g/mol. The van der Waals surface area contributed by atoms with Crippen LogP contribution in [-0.2, 0) is 9.59 Å². The number of thioether (sulfide) groups is 1. The zero-order chi connectivity index (χ0) is 18.8. The van der Waals surface area contributed by atoms with Crippen LogP contribution in [0.3, 0.4) is 0 Å². The lowest BCUT2D eigenvalue weighted by atomic mass is 9.96. The summed E-state index contributed by atoms with van der Waals surface area (Å²) in [6, 6.07) is 9.94. The number of pyridine rings is 2. The zero-order valence-corrected chi connectivity index (χ0v) is 14.9. The minimum Gasteiger partial charge on any atom is -0.479 e. The summed E-state index contributed by atoms with van der Waals surface area (Å²) >= 11 is 1.42. The van der Waals surface area contributed by atoms with Crippen LogP contribution in [0.1, 0.15) is 11.4 Å². The third kappa shape index (κ3) is 3.29. The van der Waals surface area contributed by atoms with Crippen molar-refractivity contribution in [3.63, 3.8) is 0 Å². The van der Waals surface area contributed by atoms with E-state index in [4.69, 9.17) is 0 Å². The van der Waals surface area contributed by atoms with E-state index in [-0.39, 0.29) is 11.3 Å². The van der Waals surface area contributed by atoms with Gasteiger partial charge in [-0.15, -0.1) is 11.8 Å². The van der Waals surface area contributed by atoms with Crippen molar-refractivity contribution in [1.29, 1.82) is 0 Å². The van der Waals surface area contributed by atoms with Crippen molar-refractivity contribution >= 4 is 35.8 Å². The van der Waals surface area contributed by atoms with Gasteiger partial charge in [0, 0.05) is 12.4 Å². The first-order valence-electron chi connectivity index (χ1n) is 8.28. The van der Waals surface area contributed by atoms with Gasteiger partial charge in [-0.25, -0.2) is 4.79 Å². The van der Waals surface area contributed by atoms with E-state index in [1.54, 1.807) is 42.1 Å². The van der Waals surface area contributed by atoms with E-state index in [0.29, 0.717) is 16.8 Å². The summed E-state index contributed by atoms with van der Waals surface area (Å²) in [4.78, 5) is 34.3. The molecule has 4 rings (SSSR count). The Bertz CT molecular complexity index is 970. The third-order valence-corrected chi connectivity index (χ3v) is 5.43. The fraction of sp³-hybridized carbons (Fsp3) is 0.100. The fourth-order valence-corrected chi connectivity index (χ4v) is 4.16. The average Bonchev–Trinajstić information content (AvgIpc) is 2.71. The molecule has 1 fully saturated rings. The molecule has 0 aliphatic carbocycles. The highest BCUT2D eigenvalue weighted by atomic mass is 32.2. The maximum atomic E-state index is 12.6. The summed E-state index contributed by atoms with van der Waals surface area (Å²) < 4.78 is 0. The van der Waals surface area contributed by atoms with Gasteiger partial charge in [-0.2, -0.15) is 0 Å². The minimum absolute atomic E-state index is 0.276. The Morgan fingerprint density at radius 1 is 1.07 bits per heavy atom. The van der Waals surface area contributed by atoms with Gasteiger partial charge in [0.2, 0.25) is 0 Å². The first-order chi connectivity index (χ1) is 13.1. The molecule has 6 nitrogen and oxygen atoms in total. The topological polar surface area (TPSA) is 83.4 Å². The van der Waals surface area contributed by atoms with E-state index in [1.165, 1.54) is 16.7 Å². The SMILES string of the molecule is O=C(O)C1C(/C=C/c2ccccn2)=CS[C@H]2/C(=C\c3ccccn3)C(=O)N12. The largest absolute Gasteiger partial charge is 0.479 e. The molecule has 2 aliphatic rings. The van der Waals surface area contributed by atoms with Gasteiger partial charge >= 0.3 is 5.97 Å². The molecule has 0 radical (unpaired) electrons. The highest BCUT2D eigenvalue weighted by molar-refractivity contribution is 8.03. The first-order valence-corrected chi connectivity index (χ1v) is 9.22. The number of carboxylic acid groups (broad SMARTS) is 1. The molecule has 27 heavy (non-hydrogen) atoms. The molecule has 1 saturated heterocycles. The second kappa shape index (κ2) is 7.20. The molecule has 4 heterocycles. The van der Waals surface area contributed by atoms with E-state index >= 15 is 0 Å². The van der Waals surface area contributed by atoms with Crippen molar-refractivity contribution in [1.82, 2.24) is 14.9 Å². The van der Waals surface area contributed by atoms with Crippen LogP contribution in [0.2, 0.25) is 0 Å². The molecule has 0 saturated carbocycles. The normalized spacial score (nSPS) is 23.1. The Balaban J connectivity index is 1.61. The van der Waals surface area contributed by atoms with E-state index in [1.807, 2.05) is 30.3 Å². The lowest BCUT2D eigenvalue weighted by Gasteiger charge is -2.47. The predicted molar refractivity (Wildman–Crippen MR) is 103 cm³/mol. The molecule has 2 aliphatic heterocycles. The fourth-order valence-electron chi connectivity index (χ4n) is 3.01. The number of fused-ring (bicyclic) bond motifs is 1. The minimum atomic E-state index is -1.05. The van der Waals surface area contributed by atoms with Gasteiger partial charge in [-0.3, -0.25) is 14.8 Å². The lowest BCUT2D eigenvalue weighted by Crippen LogP contribution is -2.61. The Morgan fingerprint density at radius 3 is 2.41 bits per heavy atom. The maximum absolute atomic E-state index is 12.6. The molecule has 2 aromatic heterocycles. The van der Waals surface area contributed by atoms with Gasteiger partial charge in [0.05, 0.1) is 17.0 Å². The van der Waals surface area contributed by atoms with Gasteiger partial charge in [0.25, 0.3) is 5.91 Å². The summed E-state index contributed by atoms with van der Waals surface area (Å²) in [6.07, 6.45) is 8.50. The van der Waals surface area contributed by atoms with Gasteiger partial charge in [-0.05, 0) is 47.4 Å². The van der Waals surface area contributed by atoms with Crippen LogP contribution in [0.5, 0.6) is 0 Å². The van der Waals surface area contributed by atoms with Gasteiger partial charge in [0.15, 0.2) is 6.04 Å². The van der Waals surface area contributed by atoms with Crippen LogP contribution in [0.15, 0.2) is 71.4 Å². The number of aliphatic carboxylic acids is 1. The second-order valence-electron chi connectivity index (χ2n) is 6.00. The molecule has 2 aromatic rings. The molecule has 7 heteroatoms. The Labute approximate surface area is 159 Å². The molecule has 134 valence electrons. The Morgan fingerprint density at radius 2 is 1.78 bits per heavy atom. The van der Waals surface area contributed by atoms with Crippen LogP contribution in [0, 0.1) is 0 Å². The summed E-state index contributed by atoms with van der Waals surface area (Å²) in [5.74, 6) is -1.33. The quantitative estimate of drug-likeness (QED) is 0.652. The van der Waals surface area contributed by atoms with Gasteiger partial charge in [-0.1, -0.05) is 18.2 Å². The van der Waals surface area contributed by atoms with Crippen LogP contribution >= 0.6 is 11.8 Å². The number of rotatable bonds is 4. The van der Waals surface area contributed by atoms with Crippen molar-refractivity contribution < 1.29 is 14.7 Å². The summed E-state index contributed by atoms with van der Waals surface area (Å²) in [7, 11) is 0. The number of carboxylic acids is 1. The van der Waals surface area contributed by atoms with E-state index in [9.17, 15) is 14.7 Å². The number of carbonyl (C=O) groups is 2. The number of aromatic nitrogens is 2. The molecule has 1 amide bonds. The summed E-state index contributed by atoms with van der Waals surface area (Å²) in [5.41, 5.74) is 2.52. The summed E-state index contributed by atoms with van der Waals surface area (Å²) in [5, 5.41) is 11.2. The average molecular weight is 377 g/mol. The Hall–Kier alpha value is -3.19. The summed E-state index contributed by atoms with van der Waals surface area (Å²) in [6.45, 7) is 0. The molecule has 1 unspecified atom stereocenters. The van der Waals surface area contributed by atoms with Gasteiger partial charge in [0.1, 0.15) is 5.37 Å². The van der Waals surface area contributed by atoms with E-state index in [0.717, 1.165) is 5.69 Å². The van der Waals surface area contributed by atoms with Crippen molar-refractivity contribution in [3.05, 3.63) is 82.8 Å². The van der Waals surface area contributed by atoms with Crippen LogP contribution in [-0.4, -0.2) is 43.3 Å². The highest BCUT2D eigenvalue weighted by Crippen LogP contribution is 2.44. The van der Waals surface area contributed by atoms with Crippen molar-refractivity contribution in [3.8, 4) is 0 Å². The number of carbonyl (C=O) groups excluding carboxylic acids is 1. The number of hydrogen-bond acceptors (Lipinski definition) is 5. The number of nitrogens with zero attached hydrogens (tertiary/aromatic N) is 3. The molecule has 0 bridgehead atoms. The number of β-lactam (4-membered cyclic amide) rings is 1. The van der Waals surface area contributed by atoms with Crippen molar-refractivity contribution in [2.75, 3.05) is 0 Å². The number of hydrogen-bond donors (Lipinski definition) is 1. The zero-order valence-electron chi connectivity index (χ0n) is 14.1. The van der Waals surface area contributed by atoms with E-state index < -0.39 is 12.0 Å². The standard InChI is InChI=1S/C20H15N3O3S/c24-18-16(11-15-6-2-4-10-22-15)19-23(18)17(20(25)26)13(12-27-19)7-8-14-5-1-3-9-21-14/h1-12,17,19H,(H,25,26)/b8-7+,16-11-/t17?,19-/m0/s1. The maximum Gasteiger partial charge on any atom is 0.331 e. The van der Waals surface area contributed by atoms with Crippen molar-refractivity contribution in [2.45, 2.75) is 11.4 Å². The van der Waals surface area contributed by atoms with Crippen LogP contribution in [0.4, 0.5) is 0 Å². The van der Waals surface area contributed by atoms with Crippen molar-refractivity contribution in [2.24, 2.45) is 0 Å². The molecule has 2 atom stereocenters. The number of amides is 1. The molecule has 1 N–H and O–H groups in total. The third-order valence-electron chi connectivity index (χ3n) is 4.29. The molecular formula is C20H15N3O3S. The van der Waals surface area contributed by atoms with Gasteiger partial charge < -0.3 is 10.0 Å². The lowest BCUT2D eigenvalue weighted by molar-refractivity contribution is -0.150. The molecular weight excluding hydrogens is 362 g/mol. The highest BCUT2D eigenvalue weighted by Gasteiger charge is 2.51.